The molecule has 1 aliphatic heterocycles. The number of nitrogens with two attached hydrogens (primary N) is 1. The molecule has 21 heavy (non-hydrogen) atoms. The van der Waals surface area contributed by atoms with Gasteiger partial charge < -0.3 is 16.0 Å². The molecule has 0 fully saturated rings. The third kappa shape index (κ3) is 2.74. The number of benzene rings is 1. The highest BCUT2D eigenvalue weighted by molar-refractivity contribution is 7.20. The number of urea groups is 1. The Bertz CT molecular complexity index is 716. The van der Waals surface area contributed by atoms with E-state index in [0.29, 0.717) is 15.2 Å². The average molecular weight is 342 g/mol. The van der Waals surface area contributed by atoms with Crippen LogP contribution in [-0.4, -0.2) is 18.0 Å². The van der Waals surface area contributed by atoms with Gasteiger partial charge in [0.25, 0.3) is 0 Å². The molecular weight excluding hydrogens is 329 g/mol. The molecule has 0 saturated heterocycles. The smallest absolute Gasteiger partial charge is 0.321 e. The zero-order chi connectivity index (χ0) is 15.1. The Balaban J connectivity index is 1.95. The highest BCUT2D eigenvalue weighted by Crippen LogP contribution is 2.37. The molecule has 1 aliphatic rings. The highest BCUT2D eigenvalue weighted by atomic mass is 35.5. The summed E-state index contributed by atoms with van der Waals surface area (Å²) >= 11 is 13.4. The third-order valence-corrected chi connectivity index (χ3v) is 5.02. The van der Waals surface area contributed by atoms with Gasteiger partial charge in [-0.1, -0.05) is 35.3 Å². The second-order valence-corrected chi connectivity index (χ2v) is 7.25. The van der Waals surface area contributed by atoms with Gasteiger partial charge in [-0.15, -0.1) is 11.3 Å². The van der Waals surface area contributed by atoms with E-state index in [0.717, 1.165) is 22.4 Å². The minimum absolute atomic E-state index is 0.104. The molecule has 4 nitrogen and oxygen atoms in total. The maximum atomic E-state index is 11.6. The van der Waals surface area contributed by atoms with Crippen molar-refractivity contribution in [2.75, 3.05) is 12.4 Å². The molecule has 2 heterocycles. The van der Waals surface area contributed by atoms with Crippen LogP contribution in [0.3, 0.4) is 0 Å². The average Bonchev–Trinajstić information content (AvgIpc) is 2.78. The van der Waals surface area contributed by atoms with Crippen LogP contribution < -0.4 is 11.1 Å². The van der Waals surface area contributed by atoms with Gasteiger partial charge in [0.15, 0.2) is 0 Å². The van der Waals surface area contributed by atoms with Gasteiger partial charge in [-0.05, 0) is 23.3 Å². The Morgan fingerprint density at radius 1 is 1.38 bits per heavy atom. The van der Waals surface area contributed by atoms with Gasteiger partial charge in [0.1, 0.15) is 0 Å². The lowest BCUT2D eigenvalue weighted by molar-refractivity contribution is 0.218. The molecule has 0 spiro atoms. The number of carbonyl (C=O) groups excluding carboxylic acids is 1. The van der Waals surface area contributed by atoms with E-state index >= 15 is 0 Å². The summed E-state index contributed by atoms with van der Waals surface area (Å²) in [5.74, 6) is 0. The Labute approximate surface area is 136 Å². The van der Waals surface area contributed by atoms with E-state index < -0.39 is 0 Å². The summed E-state index contributed by atoms with van der Waals surface area (Å²) < 4.78 is 1.23. The number of hydrogen-bond donors (Lipinski definition) is 2. The summed E-state index contributed by atoms with van der Waals surface area (Å²) in [5, 5.41) is 2.83. The number of carbonyl (C=O) groups is 1. The Hall–Kier alpha value is -1.27. The SMILES string of the molecule is CN1Cc2cc(C(N)c3cc(Cl)sc3Cl)ccc2NC1=O. The fourth-order valence-electron chi connectivity index (χ4n) is 2.34. The summed E-state index contributed by atoms with van der Waals surface area (Å²) in [6.07, 6.45) is 0. The van der Waals surface area contributed by atoms with Crippen LogP contribution in [0.1, 0.15) is 22.7 Å². The molecule has 2 aromatic rings. The predicted octanol–water partition coefficient (Wildman–Crippen LogP) is 4.08. The van der Waals surface area contributed by atoms with E-state index in [9.17, 15) is 4.79 Å². The van der Waals surface area contributed by atoms with Crippen LogP contribution in [0.4, 0.5) is 10.5 Å². The van der Waals surface area contributed by atoms with Crippen LogP contribution in [0.5, 0.6) is 0 Å². The van der Waals surface area contributed by atoms with Crippen LogP contribution in [0.25, 0.3) is 0 Å². The first-order valence-electron chi connectivity index (χ1n) is 6.31. The van der Waals surface area contributed by atoms with Gasteiger partial charge in [0.05, 0.1) is 14.7 Å². The quantitative estimate of drug-likeness (QED) is 0.864. The molecule has 1 unspecified atom stereocenters. The normalized spacial score (nSPS) is 15.6. The van der Waals surface area contributed by atoms with Gasteiger partial charge in [-0.2, -0.15) is 0 Å². The summed E-state index contributed by atoms with van der Waals surface area (Å²) in [6.45, 7) is 0.555. The molecule has 3 N–H and O–H groups in total. The number of nitrogens with one attached hydrogen (secondary N) is 1. The van der Waals surface area contributed by atoms with E-state index in [1.54, 1.807) is 18.0 Å². The maximum Gasteiger partial charge on any atom is 0.321 e. The number of halogens is 2. The van der Waals surface area contributed by atoms with Crippen molar-refractivity contribution in [2.45, 2.75) is 12.6 Å². The third-order valence-electron chi connectivity index (χ3n) is 3.50. The molecule has 7 heteroatoms. The first-order chi connectivity index (χ1) is 9.95. The molecule has 0 bridgehead atoms. The van der Waals surface area contributed by atoms with Crippen molar-refractivity contribution in [2.24, 2.45) is 5.73 Å². The van der Waals surface area contributed by atoms with Gasteiger partial charge in [0.2, 0.25) is 0 Å². The summed E-state index contributed by atoms with van der Waals surface area (Å²) in [5.41, 5.74) is 9.90. The van der Waals surface area contributed by atoms with E-state index in [2.05, 4.69) is 5.32 Å². The zero-order valence-electron chi connectivity index (χ0n) is 11.2. The Morgan fingerprint density at radius 2 is 2.14 bits per heavy atom. The lowest BCUT2D eigenvalue weighted by Gasteiger charge is -2.27. The van der Waals surface area contributed by atoms with Crippen molar-refractivity contribution in [1.82, 2.24) is 4.90 Å². The van der Waals surface area contributed by atoms with E-state index in [4.69, 9.17) is 28.9 Å². The summed E-state index contributed by atoms with van der Waals surface area (Å²) in [6, 6.07) is 7.13. The van der Waals surface area contributed by atoms with Crippen LogP contribution in [0, 0.1) is 0 Å². The van der Waals surface area contributed by atoms with Crippen LogP contribution >= 0.6 is 34.5 Å². The number of hydrogen-bond acceptors (Lipinski definition) is 3. The molecule has 1 aromatic carbocycles. The number of anilines is 1. The van der Waals surface area contributed by atoms with Crippen molar-refractivity contribution in [3.8, 4) is 0 Å². The van der Waals surface area contributed by atoms with Crippen molar-refractivity contribution >= 4 is 46.3 Å². The van der Waals surface area contributed by atoms with Gasteiger partial charge in [0, 0.05) is 24.8 Å². The van der Waals surface area contributed by atoms with Crippen molar-refractivity contribution in [3.05, 3.63) is 49.6 Å². The number of nitrogens with zero attached hydrogens (tertiary/aromatic N) is 1. The predicted molar refractivity (Wildman–Crippen MR) is 87.3 cm³/mol. The van der Waals surface area contributed by atoms with Crippen LogP contribution in [0.15, 0.2) is 24.3 Å². The molecule has 2 amide bonds. The fraction of sp³-hybridized carbons (Fsp3) is 0.214. The molecule has 3 rings (SSSR count). The molecule has 0 saturated carbocycles. The number of fused-ring (bicyclic) bond motifs is 1. The number of rotatable bonds is 2. The standard InChI is InChI=1S/C14H13Cl2N3OS/c1-19-6-8-4-7(2-3-10(8)18-14(19)20)12(17)9-5-11(15)21-13(9)16/h2-5,12H,6,17H2,1H3,(H,18,20). The topological polar surface area (TPSA) is 58.4 Å². The first-order valence-corrected chi connectivity index (χ1v) is 7.88. The molecule has 110 valence electrons. The van der Waals surface area contributed by atoms with Crippen molar-refractivity contribution in [1.29, 1.82) is 0 Å². The zero-order valence-corrected chi connectivity index (χ0v) is 13.5. The Kier molecular flexibility index (Phi) is 3.84. The van der Waals surface area contributed by atoms with E-state index in [1.165, 1.54) is 11.3 Å². The van der Waals surface area contributed by atoms with Crippen molar-refractivity contribution < 1.29 is 4.79 Å². The van der Waals surface area contributed by atoms with E-state index in [1.807, 2.05) is 18.2 Å². The van der Waals surface area contributed by atoms with Gasteiger partial charge in [-0.3, -0.25) is 0 Å². The number of thiophene rings is 1. The largest absolute Gasteiger partial charge is 0.323 e. The minimum Gasteiger partial charge on any atom is -0.323 e. The Morgan fingerprint density at radius 3 is 2.81 bits per heavy atom. The number of amides is 2. The van der Waals surface area contributed by atoms with Crippen LogP contribution in [-0.2, 0) is 6.54 Å². The second-order valence-electron chi connectivity index (χ2n) is 4.96. The highest BCUT2D eigenvalue weighted by Gasteiger charge is 2.22. The van der Waals surface area contributed by atoms with Gasteiger partial charge >= 0.3 is 6.03 Å². The molecular formula is C14H13Cl2N3OS. The molecule has 0 aliphatic carbocycles. The monoisotopic (exact) mass is 341 g/mol. The van der Waals surface area contributed by atoms with Gasteiger partial charge in [-0.25, -0.2) is 4.79 Å². The summed E-state index contributed by atoms with van der Waals surface area (Å²) in [4.78, 5) is 13.2. The first kappa shape index (κ1) is 14.7. The minimum atomic E-state index is -0.338. The summed E-state index contributed by atoms with van der Waals surface area (Å²) in [7, 11) is 1.75. The second kappa shape index (κ2) is 5.50. The molecule has 0 radical (unpaired) electrons. The lowest BCUT2D eigenvalue weighted by atomic mass is 9.98. The van der Waals surface area contributed by atoms with Crippen molar-refractivity contribution in [3.63, 3.8) is 0 Å². The fourth-order valence-corrected chi connectivity index (χ4v) is 3.89. The lowest BCUT2D eigenvalue weighted by Crippen LogP contribution is -2.35. The molecule has 1 aromatic heterocycles. The maximum absolute atomic E-state index is 11.6. The molecule has 1 atom stereocenters. The van der Waals surface area contributed by atoms with Crippen LogP contribution in [0.2, 0.25) is 8.67 Å². The van der Waals surface area contributed by atoms with E-state index in [-0.39, 0.29) is 12.1 Å².